The van der Waals surface area contributed by atoms with Crippen LogP contribution in [0.4, 0.5) is 0 Å². The molecule has 8 nitrogen and oxygen atoms in total. The Hall–Kier alpha value is -2.51. The number of nitrogens with zero attached hydrogens (tertiary/aromatic N) is 6. The number of carbonyl (C=O) groups excluding carboxylic acids is 1. The first-order chi connectivity index (χ1) is 10.1. The average Bonchev–Trinajstić information content (AvgIpc) is 2.87. The summed E-state index contributed by atoms with van der Waals surface area (Å²) in [5.41, 5.74) is 0.620. The summed E-state index contributed by atoms with van der Waals surface area (Å²) >= 11 is 0. The number of aromatic nitrogens is 5. The minimum atomic E-state index is -0.529. The molecule has 2 heterocycles. The molecule has 0 bridgehead atoms. The molecule has 0 radical (unpaired) electrons. The molecule has 0 N–H and O–H groups in total. The van der Waals surface area contributed by atoms with Crippen molar-refractivity contribution >= 4 is 17.8 Å². The average molecular weight is 290 g/mol. The van der Waals surface area contributed by atoms with Crippen molar-refractivity contribution in [2.45, 2.75) is 20.3 Å². The summed E-state index contributed by atoms with van der Waals surface area (Å²) in [6, 6.07) is 0. The first-order valence-electron chi connectivity index (χ1n) is 6.70. The van der Waals surface area contributed by atoms with Crippen LogP contribution in [0, 0.1) is 0 Å². The Morgan fingerprint density at radius 1 is 1.33 bits per heavy atom. The lowest BCUT2D eigenvalue weighted by Gasteiger charge is -2.07. The Balaban J connectivity index is 2.61. The Labute approximate surface area is 122 Å². The smallest absolute Gasteiger partial charge is 0.361 e. The van der Waals surface area contributed by atoms with Crippen molar-refractivity contribution in [3.63, 3.8) is 0 Å². The molecule has 21 heavy (non-hydrogen) atoms. The summed E-state index contributed by atoms with van der Waals surface area (Å²) in [5.74, 6) is 0.474. The number of rotatable bonds is 5. The van der Waals surface area contributed by atoms with E-state index in [-0.39, 0.29) is 12.3 Å². The van der Waals surface area contributed by atoms with Gasteiger partial charge in [-0.05, 0) is 13.0 Å². The van der Waals surface area contributed by atoms with Crippen LogP contribution >= 0.6 is 0 Å². The monoisotopic (exact) mass is 290 g/mol. The van der Waals surface area contributed by atoms with Gasteiger partial charge in [0.05, 0.1) is 6.61 Å². The van der Waals surface area contributed by atoms with Crippen molar-refractivity contribution in [1.82, 2.24) is 29.7 Å². The molecule has 0 aliphatic rings. The highest BCUT2D eigenvalue weighted by Crippen LogP contribution is 2.11. The van der Waals surface area contributed by atoms with Crippen molar-refractivity contribution < 1.29 is 9.53 Å². The molecule has 2 aromatic rings. The quantitative estimate of drug-likeness (QED) is 0.752. The van der Waals surface area contributed by atoms with E-state index in [4.69, 9.17) is 4.74 Å². The van der Waals surface area contributed by atoms with E-state index >= 15 is 0 Å². The number of hydrogen-bond donors (Lipinski definition) is 0. The summed E-state index contributed by atoms with van der Waals surface area (Å²) in [6.07, 6.45) is 4.21. The fourth-order valence-electron chi connectivity index (χ4n) is 1.68. The van der Waals surface area contributed by atoms with Gasteiger partial charge in [-0.15, -0.1) is 15.3 Å². The van der Waals surface area contributed by atoms with E-state index in [0.29, 0.717) is 23.7 Å². The number of aryl methyl sites for hydroxylation is 1. The van der Waals surface area contributed by atoms with Gasteiger partial charge in [0.1, 0.15) is 5.69 Å². The molecule has 112 valence electrons. The van der Waals surface area contributed by atoms with E-state index in [0.717, 1.165) is 0 Å². The maximum atomic E-state index is 12.0. The van der Waals surface area contributed by atoms with E-state index in [1.165, 1.54) is 4.52 Å². The van der Waals surface area contributed by atoms with Gasteiger partial charge >= 0.3 is 5.97 Å². The Morgan fingerprint density at radius 2 is 2.10 bits per heavy atom. The third-order valence-electron chi connectivity index (χ3n) is 2.66. The number of hydrogen-bond acceptors (Lipinski definition) is 7. The van der Waals surface area contributed by atoms with Gasteiger partial charge < -0.3 is 9.64 Å². The van der Waals surface area contributed by atoms with Crippen LogP contribution in [-0.4, -0.2) is 56.4 Å². The fraction of sp³-hybridized carbons (Fsp3) is 0.462. The minimum absolute atomic E-state index is 0.120. The summed E-state index contributed by atoms with van der Waals surface area (Å²) in [4.78, 5) is 18.1. The molecule has 0 amide bonds. The van der Waals surface area contributed by atoms with Crippen LogP contribution < -0.4 is 0 Å². The number of esters is 1. The maximum absolute atomic E-state index is 12.0. The molecule has 0 atom stereocenters. The molecule has 0 aliphatic carbocycles. The Morgan fingerprint density at radius 3 is 2.71 bits per heavy atom. The molecule has 0 aliphatic heterocycles. The fourth-order valence-corrected chi connectivity index (χ4v) is 1.68. The summed E-state index contributed by atoms with van der Waals surface area (Å²) in [7, 11) is 3.76. The van der Waals surface area contributed by atoms with Crippen LogP contribution in [-0.2, 0) is 11.2 Å². The van der Waals surface area contributed by atoms with E-state index < -0.39 is 5.97 Å². The first-order valence-corrected chi connectivity index (χ1v) is 6.70. The summed E-state index contributed by atoms with van der Waals surface area (Å²) < 4.78 is 6.52. The molecular weight excluding hydrogens is 272 g/mol. The van der Waals surface area contributed by atoms with Gasteiger partial charge in [-0.1, -0.05) is 6.92 Å². The van der Waals surface area contributed by atoms with Gasteiger partial charge in [0.25, 0.3) is 5.78 Å². The minimum Gasteiger partial charge on any atom is -0.461 e. The highest BCUT2D eigenvalue weighted by Gasteiger charge is 2.19. The molecule has 0 saturated carbocycles. The van der Waals surface area contributed by atoms with Crippen LogP contribution in [0.5, 0.6) is 0 Å². The summed E-state index contributed by atoms with van der Waals surface area (Å²) in [6.45, 7) is 3.96. The van der Waals surface area contributed by atoms with Crippen LogP contribution in [0.3, 0.4) is 0 Å². The zero-order valence-corrected chi connectivity index (χ0v) is 12.6. The van der Waals surface area contributed by atoms with Crippen molar-refractivity contribution in [2.75, 3.05) is 20.7 Å². The number of fused-ring (bicyclic) bond motifs is 1. The second-order valence-electron chi connectivity index (χ2n) is 4.53. The van der Waals surface area contributed by atoms with Crippen molar-refractivity contribution in [3.05, 3.63) is 23.4 Å². The Kier molecular flexibility index (Phi) is 4.46. The van der Waals surface area contributed by atoms with E-state index in [9.17, 15) is 4.79 Å². The van der Waals surface area contributed by atoms with Crippen molar-refractivity contribution in [2.24, 2.45) is 0 Å². The largest absolute Gasteiger partial charge is 0.461 e. The lowest BCUT2D eigenvalue weighted by Crippen LogP contribution is -2.14. The number of carbonyl (C=O) groups is 1. The highest BCUT2D eigenvalue weighted by atomic mass is 16.5. The van der Waals surface area contributed by atoms with E-state index in [1.807, 2.05) is 25.9 Å². The predicted octanol–water partition coefficient (Wildman–Crippen LogP) is 0.791. The SMILES string of the molecule is CCOC(=O)c1nnc2nc(CC)nn2c1/C=C/N(C)C. The highest BCUT2D eigenvalue weighted by molar-refractivity contribution is 5.90. The third-order valence-corrected chi connectivity index (χ3v) is 2.66. The van der Waals surface area contributed by atoms with Gasteiger partial charge in [0.15, 0.2) is 11.5 Å². The second-order valence-corrected chi connectivity index (χ2v) is 4.53. The molecule has 0 saturated heterocycles. The third kappa shape index (κ3) is 3.15. The van der Waals surface area contributed by atoms with E-state index in [1.54, 1.807) is 19.2 Å². The second kappa shape index (κ2) is 6.29. The zero-order valence-electron chi connectivity index (χ0n) is 12.6. The van der Waals surface area contributed by atoms with Crippen LogP contribution in [0.15, 0.2) is 6.20 Å². The van der Waals surface area contributed by atoms with Crippen LogP contribution in [0.2, 0.25) is 0 Å². The molecule has 0 unspecified atom stereocenters. The topological polar surface area (TPSA) is 85.5 Å². The maximum Gasteiger partial charge on any atom is 0.361 e. The normalized spacial score (nSPS) is 11.2. The number of ether oxygens (including phenoxy) is 1. The van der Waals surface area contributed by atoms with Gasteiger partial charge in [0, 0.05) is 26.7 Å². The van der Waals surface area contributed by atoms with Gasteiger partial charge in [0.2, 0.25) is 0 Å². The van der Waals surface area contributed by atoms with Gasteiger partial charge in [-0.2, -0.15) is 9.50 Å². The van der Waals surface area contributed by atoms with Crippen LogP contribution in [0.25, 0.3) is 11.9 Å². The van der Waals surface area contributed by atoms with Gasteiger partial charge in [-0.3, -0.25) is 0 Å². The lowest BCUT2D eigenvalue weighted by molar-refractivity contribution is 0.0517. The van der Waals surface area contributed by atoms with Gasteiger partial charge in [-0.25, -0.2) is 4.79 Å². The van der Waals surface area contributed by atoms with E-state index in [2.05, 4.69) is 20.3 Å². The summed E-state index contributed by atoms with van der Waals surface area (Å²) in [5, 5.41) is 12.2. The zero-order chi connectivity index (χ0) is 15.4. The van der Waals surface area contributed by atoms with Crippen molar-refractivity contribution in [1.29, 1.82) is 0 Å². The molecule has 2 aromatic heterocycles. The predicted molar refractivity (Wildman–Crippen MR) is 76.6 cm³/mol. The van der Waals surface area contributed by atoms with Crippen LogP contribution in [0.1, 0.15) is 35.9 Å². The lowest BCUT2D eigenvalue weighted by atomic mass is 10.3. The van der Waals surface area contributed by atoms with Crippen molar-refractivity contribution in [3.8, 4) is 0 Å². The molecule has 0 fully saturated rings. The molecule has 2 rings (SSSR count). The molecule has 0 spiro atoms. The Bertz CT molecular complexity index is 677. The first kappa shape index (κ1) is 14.9. The molecule has 8 heteroatoms. The molecular formula is C13H18N6O2. The molecule has 0 aromatic carbocycles. The standard InChI is InChI=1S/C13H18N6O2/c1-5-10-14-13-16-15-11(12(20)21-6-2)9(19(13)17-10)7-8-18(3)4/h7-8H,5-6H2,1-4H3/b8-7+.